The van der Waals surface area contributed by atoms with Crippen molar-refractivity contribution in [1.29, 1.82) is 5.26 Å². The molecule has 0 unspecified atom stereocenters. The molecule has 190 valence electrons. The van der Waals surface area contributed by atoms with Gasteiger partial charge in [0.2, 0.25) is 0 Å². The van der Waals surface area contributed by atoms with Gasteiger partial charge in [0.1, 0.15) is 23.1 Å². The lowest BCUT2D eigenvalue weighted by Crippen LogP contribution is -2.47. The standard InChI is InChI=1S/C27H23N7O2S2/c1-38(35,36)21-4-2-3-19(14-21)33-9-11-34(12-10-33)27-22-13-18(5-7-24(22)29-17-30-27)23-16-31-32-26(23)25-8-6-20(15-28)37-25/h2-8,13-14,16-17H,9-12H2,1H3,(H,31,32). The van der Waals surface area contributed by atoms with Crippen molar-refractivity contribution in [3.63, 3.8) is 0 Å². The molecule has 1 N–H and O–H groups in total. The van der Waals surface area contributed by atoms with Crippen LogP contribution in [-0.2, 0) is 9.84 Å². The topological polar surface area (TPSA) is 119 Å². The Morgan fingerprint density at radius 3 is 2.58 bits per heavy atom. The highest BCUT2D eigenvalue weighted by atomic mass is 32.2. The van der Waals surface area contributed by atoms with Crippen molar-refractivity contribution in [2.45, 2.75) is 4.90 Å². The molecule has 1 saturated heterocycles. The molecule has 1 aliphatic rings. The number of anilines is 2. The molecule has 0 radical (unpaired) electrons. The van der Waals surface area contributed by atoms with Crippen LogP contribution in [0.1, 0.15) is 4.88 Å². The molecule has 0 bridgehead atoms. The third-order valence-corrected chi connectivity index (χ3v) is 8.83. The van der Waals surface area contributed by atoms with Crippen LogP contribution in [0.25, 0.3) is 32.6 Å². The first-order valence-electron chi connectivity index (χ1n) is 12.0. The molecular weight excluding hydrogens is 518 g/mol. The van der Waals surface area contributed by atoms with Gasteiger partial charge in [0.05, 0.1) is 27.2 Å². The van der Waals surface area contributed by atoms with E-state index in [0.29, 0.717) is 9.77 Å². The molecule has 38 heavy (non-hydrogen) atoms. The number of hydrogen-bond donors (Lipinski definition) is 1. The number of H-pyrrole nitrogens is 1. The normalized spacial score (nSPS) is 14.1. The Morgan fingerprint density at radius 1 is 1.00 bits per heavy atom. The van der Waals surface area contributed by atoms with Crippen LogP contribution < -0.4 is 9.80 Å². The number of aromatic nitrogens is 4. The summed E-state index contributed by atoms with van der Waals surface area (Å²) in [5.41, 5.74) is 4.57. The van der Waals surface area contributed by atoms with Gasteiger partial charge in [-0.2, -0.15) is 10.4 Å². The summed E-state index contributed by atoms with van der Waals surface area (Å²) >= 11 is 1.43. The Morgan fingerprint density at radius 2 is 1.82 bits per heavy atom. The van der Waals surface area contributed by atoms with E-state index in [4.69, 9.17) is 0 Å². The van der Waals surface area contributed by atoms with Gasteiger partial charge in [-0.05, 0) is 48.0 Å². The number of piperazine rings is 1. The molecule has 9 nitrogen and oxygen atoms in total. The summed E-state index contributed by atoms with van der Waals surface area (Å²) < 4.78 is 24.0. The number of hydrogen-bond acceptors (Lipinski definition) is 9. The van der Waals surface area contributed by atoms with Crippen molar-refractivity contribution in [3.05, 3.63) is 72.0 Å². The van der Waals surface area contributed by atoms with Crippen molar-refractivity contribution in [1.82, 2.24) is 20.2 Å². The second kappa shape index (κ2) is 9.55. The predicted octanol–water partition coefficient (Wildman–Crippen LogP) is 4.35. The second-order valence-electron chi connectivity index (χ2n) is 9.11. The third-order valence-electron chi connectivity index (χ3n) is 6.72. The van der Waals surface area contributed by atoms with E-state index in [1.54, 1.807) is 30.7 Å². The van der Waals surface area contributed by atoms with Crippen LogP contribution in [-0.4, -0.2) is 61.0 Å². The Kier molecular flexibility index (Phi) is 6.06. The molecule has 1 fully saturated rings. The molecule has 0 aliphatic carbocycles. The molecule has 0 saturated carbocycles. The summed E-state index contributed by atoms with van der Waals surface area (Å²) in [6, 6.07) is 19.2. The lowest BCUT2D eigenvalue weighted by Gasteiger charge is -2.37. The van der Waals surface area contributed by atoms with Crippen molar-refractivity contribution >= 4 is 43.6 Å². The summed E-state index contributed by atoms with van der Waals surface area (Å²) in [7, 11) is -3.26. The average molecular weight is 542 g/mol. The maximum atomic E-state index is 12.0. The molecule has 5 aromatic rings. The van der Waals surface area contributed by atoms with Crippen molar-refractivity contribution < 1.29 is 8.42 Å². The molecular formula is C27H23N7O2S2. The highest BCUT2D eigenvalue weighted by Crippen LogP contribution is 2.36. The van der Waals surface area contributed by atoms with Crippen molar-refractivity contribution in [3.8, 4) is 27.8 Å². The van der Waals surface area contributed by atoms with Crippen LogP contribution in [0.3, 0.4) is 0 Å². The zero-order valence-corrected chi connectivity index (χ0v) is 22.1. The number of aromatic amines is 1. The minimum atomic E-state index is -3.26. The highest BCUT2D eigenvalue weighted by molar-refractivity contribution is 7.90. The fourth-order valence-electron chi connectivity index (χ4n) is 4.78. The van der Waals surface area contributed by atoms with Gasteiger partial charge in [0.15, 0.2) is 9.84 Å². The predicted molar refractivity (Wildman–Crippen MR) is 149 cm³/mol. The Bertz CT molecular complexity index is 1800. The molecule has 0 atom stereocenters. The summed E-state index contributed by atoms with van der Waals surface area (Å²) in [4.78, 5) is 15.5. The number of thiophene rings is 1. The lowest BCUT2D eigenvalue weighted by molar-refractivity contribution is 0.601. The number of nitrogens with zero attached hydrogens (tertiary/aromatic N) is 6. The van der Waals surface area contributed by atoms with E-state index in [-0.39, 0.29) is 0 Å². The molecule has 0 amide bonds. The van der Waals surface area contributed by atoms with Gasteiger partial charge in [0.25, 0.3) is 0 Å². The number of fused-ring (bicyclic) bond motifs is 1. The van der Waals surface area contributed by atoms with Gasteiger partial charge >= 0.3 is 0 Å². The molecule has 3 aromatic heterocycles. The van der Waals surface area contributed by atoms with Gasteiger partial charge < -0.3 is 9.80 Å². The van der Waals surface area contributed by atoms with Crippen LogP contribution >= 0.6 is 11.3 Å². The first kappa shape index (κ1) is 24.1. The Balaban J connectivity index is 1.29. The molecule has 4 heterocycles. The molecule has 1 aliphatic heterocycles. The van der Waals surface area contributed by atoms with Gasteiger partial charge in [-0.3, -0.25) is 5.10 Å². The van der Waals surface area contributed by atoms with Crippen LogP contribution in [0.15, 0.2) is 72.0 Å². The van der Waals surface area contributed by atoms with Gasteiger partial charge in [-0.1, -0.05) is 12.1 Å². The van der Waals surface area contributed by atoms with Crippen LogP contribution in [0, 0.1) is 11.3 Å². The van der Waals surface area contributed by atoms with Gasteiger partial charge in [-0.15, -0.1) is 11.3 Å². The van der Waals surface area contributed by atoms with Gasteiger partial charge in [0, 0.05) is 49.1 Å². The monoisotopic (exact) mass is 541 g/mol. The fourth-order valence-corrected chi connectivity index (χ4v) is 6.25. The smallest absolute Gasteiger partial charge is 0.175 e. The van der Waals surface area contributed by atoms with Crippen LogP contribution in [0.5, 0.6) is 0 Å². The van der Waals surface area contributed by atoms with Gasteiger partial charge in [-0.25, -0.2) is 18.4 Å². The zero-order chi connectivity index (χ0) is 26.3. The van der Waals surface area contributed by atoms with Crippen molar-refractivity contribution in [2.75, 3.05) is 42.2 Å². The maximum Gasteiger partial charge on any atom is 0.175 e. The third kappa shape index (κ3) is 4.49. The lowest BCUT2D eigenvalue weighted by atomic mass is 10.0. The Labute approximate surface area is 223 Å². The first-order valence-corrected chi connectivity index (χ1v) is 14.7. The molecule has 11 heteroatoms. The number of nitrogens with one attached hydrogen (secondary N) is 1. The summed E-state index contributed by atoms with van der Waals surface area (Å²) in [6.07, 6.45) is 4.63. The summed E-state index contributed by atoms with van der Waals surface area (Å²) in [6.45, 7) is 2.96. The second-order valence-corrected chi connectivity index (χ2v) is 12.2. The van der Waals surface area contributed by atoms with E-state index in [1.165, 1.54) is 17.6 Å². The fraction of sp³-hybridized carbons (Fsp3) is 0.185. The highest BCUT2D eigenvalue weighted by Gasteiger charge is 2.22. The molecule has 6 rings (SSSR count). The quantitative estimate of drug-likeness (QED) is 0.349. The van der Waals surface area contributed by atoms with E-state index in [0.717, 1.165) is 70.3 Å². The van der Waals surface area contributed by atoms with E-state index in [2.05, 4.69) is 42.1 Å². The minimum Gasteiger partial charge on any atom is -0.368 e. The first-order chi connectivity index (χ1) is 18.4. The van der Waals surface area contributed by atoms with E-state index < -0.39 is 9.84 Å². The SMILES string of the molecule is CS(=O)(=O)c1cccc(N2CCN(c3ncnc4ccc(-c5cn[nH]c5-c5ccc(C#N)s5)cc34)CC2)c1. The largest absolute Gasteiger partial charge is 0.368 e. The van der Waals surface area contributed by atoms with Crippen LogP contribution in [0.4, 0.5) is 11.5 Å². The van der Waals surface area contributed by atoms with E-state index in [9.17, 15) is 13.7 Å². The number of sulfone groups is 1. The average Bonchev–Trinajstić information content (AvgIpc) is 3.62. The summed E-state index contributed by atoms with van der Waals surface area (Å²) in [5, 5.41) is 17.5. The summed E-state index contributed by atoms with van der Waals surface area (Å²) in [5.74, 6) is 0.870. The molecule has 2 aromatic carbocycles. The number of rotatable bonds is 5. The van der Waals surface area contributed by atoms with E-state index in [1.807, 2.05) is 30.3 Å². The minimum absolute atomic E-state index is 0.330. The van der Waals surface area contributed by atoms with Crippen LogP contribution in [0.2, 0.25) is 0 Å². The number of nitriles is 1. The number of benzene rings is 2. The Hall–Kier alpha value is -4.27. The van der Waals surface area contributed by atoms with E-state index >= 15 is 0 Å². The van der Waals surface area contributed by atoms with Crippen molar-refractivity contribution in [2.24, 2.45) is 0 Å². The maximum absolute atomic E-state index is 12.0. The zero-order valence-electron chi connectivity index (χ0n) is 20.5. The molecule has 0 spiro atoms.